The van der Waals surface area contributed by atoms with Crippen LogP contribution < -0.4 is 4.72 Å². The average molecular weight is 390 g/mol. The van der Waals surface area contributed by atoms with Crippen molar-refractivity contribution in [3.05, 3.63) is 42.1 Å². The van der Waals surface area contributed by atoms with Crippen LogP contribution in [0.5, 0.6) is 0 Å². The molecule has 2 rings (SSSR count). The maximum Gasteiger partial charge on any atom is 0.237 e. The highest BCUT2D eigenvalue weighted by molar-refractivity contribution is 7.92. The Hall–Kier alpha value is -1.95. The molecule has 1 heterocycles. The zero-order valence-corrected chi connectivity index (χ0v) is 17.4. The molecule has 1 N–H and O–H groups in total. The Bertz CT molecular complexity index is 802. The molecule has 0 aliphatic rings. The molecule has 0 radical (unpaired) electrons. The Morgan fingerprint density at radius 3 is 2.30 bits per heavy atom. The van der Waals surface area contributed by atoms with Gasteiger partial charge in [0.25, 0.3) is 0 Å². The van der Waals surface area contributed by atoms with Gasteiger partial charge in [-0.2, -0.15) is 0 Å². The topological polar surface area (TPSA) is 72.0 Å². The lowest BCUT2D eigenvalue weighted by molar-refractivity contribution is 0.587. The molecule has 0 aliphatic heterocycles. The average Bonchev–Trinajstić information content (AvgIpc) is 2.64. The first-order valence-corrected chi connectivity index (χ1v) is 11.5. The maximum absolute atomic E-state index is 12.3. The van der Waals surface area contributed by atoms with Gasteiger partial charge in [0.05, 0.1) is 11.4 Å². The van der Waals surface area contributed by atoms with Crippen LogP contribution in [-0.4, -0.2) is 24.1 Å². The molecule has 0 aliphatic carbocycles. The number of benzene rings is 1. The normalized spacial score (nSPS) is 11.7. The number of hydrogen-bond acceptors (Lipinski definition) is 4. The molecule has 0 fully saturated rings. The summed E-state index contributed by atoms with van der Waals surface area (Å²) in [7, 11) is -3.42. The second-order valence-corrected chi connectivity index (χ2v) is 9.07. The van der Waals surface area contributed by atoms with E-state index in [-0.39, 0.29) is 11.7 Å². The molecule has 0 amide bonds. The summed E-state index contributed by atoms with van der Waals surface area (Å²) in [5.74, 6) is 0.704. The Kier molecular flexibility index (Phi) is 8.23. The molecule has 1 aromatic heterocycles. The van der Waals surface area contributed by atoms with Gasteiger partial charge in [0.2, 0.25) is 16.0 Å². The zero-order chi connectivity index (χ0) is 19.7. The van der Waals surface area contributed by atoms with Crippen LogP contribution in [0.4, 0.5) is 5.95 Å². The summed E-state index contributed by atoms with van der Waals surface area (Å²) in [6, 6.07) is 9.95. The van der Waals surface area contributed by atoms with Crippen LogP contribution in [-0.2, 0) is 10.0 Å². The van der Waals surface area contributed by atoms with Crippen molar-refractivity contribution in [2.24, 2.45) is 0 Å². The first-order chi connectivity index (χ1) is 12.9. The van der Waals surface area contributed by atoms with Crippen LogP contribution in [0.2, 0.25) is 0 Å². The van der Waals surface area contributed by atoms with Gasteiger partial charge in [0, 0.05) is 11.8 Å². The molecule has 5 nitrogen and oxygen atoms in total. The van der Waals surface area contributed by atoms with E-state index in [0.29, 0.717) is 18.0 Å². The van der Waals surface area contributed by atoms with Crippen molar-refractivity contribution in [1.82, 2.24) is 9.97 Å². The van der Waals surface area contributed by atoms with Crippen LogP contribution in [0.3, 0.4) is 0 Å². The van der Waals surface area contributed by atoms with Crippen molar-refractivity contribution in [2.45, 2.75) is 65.2 Å². The fraction of sp³-hybridized carbons (Fsp3) is 0.524. The number of sulfonamides is 1. The number of hydrogen-bond donors (Lipinski definition) is 1. The Morgan fingerprint density at radius 1 is 0.963 bits per heavy atom. The van der Waals surface area contributed by atoms with Crippen LogP contribution in [0.15, 0.2) is 36.5 Å². The molecule has 0 atom stereocenters. The predicted octanol–water partition coefficient (Wildman–Crippen LogP) is 5.37. The van der Waals surface area contributed by atoms with Crippen molar-refractivity contribution < 1.29 is 8.42 Å². The molecule has 0 spiro atoms. The van der Waals surface area contributed by atoms with Crippen molar-refractivity contribution in [2.75, 3.05) is 10.5 Å². The monoisotopic (exact) mass is 389 g/mol. The lowest BCUT2D eigenvalue weighted by Crippen LogP contribution is -2.18. The fourth-order valence-corrected chi connectivity index (χ4v) is 3.93. The van der Waals surface area contributed by atoms with E-state index in [9.17, 15) is 8.42 Å². The third-order valence-corrected chi connectivity index (χ3v) is 5.86. The van der Waals surface area contributed by atoms with E-state index >= 15 is 0 Å². The lowest BCUT2D eigenvalue weighted by Gasteiger charge is -2.09. The maximum atomic E-state index is 12.3. The van der Waals surface area contributed by atoms with Crippen LogP contribution in [0, 0.1) is 0 Å². The zero-order valence-electron chi connectivity index (χ0n) is 16.6. The molecule has 0 saturated carbocycles. The summed E-state index contributed by atoms with van der Waals surface area (Å²) < 4.78 is 27.0. The highest BCUT2D eigenvalue weighted by atomic mass is 32.2. The number of unbranched alkanes of at least 4 members (excludes halogenated alkanes) is 5. The van der Waals surface area contributed by atoms with Gasteiger partial charge < -0.3 is 0 Å². The summed E-state index contributed by atoms with van der Waals surface area (Å²) in [4.78, 5) is 8.43. The van der Waals surface area contributed by atoms with Crippen molar-refractivity contribution >= 4 is 16.0 Å². The van der Waals surface area contributed by atoms with Gasteiger partial charge in [0.15, 0.2) is 0 Å². The largest absolute Gasteiger partial charge is 0.251 e. The minimum atomic E-state index is -3.42. The number of aromatic nitrogens is 2. The van der Waals surface area contributed by atoms with Crippen LogP contribution in [0.1, 0.15) is 70.8 Å². The summed E-state index contributed by atoms with van der Waals surface area (Å²) in [6.45, 7) is 6.47. The quantitative estimate of drug-likeness (QED) is 0.524. The number of anilines is 1. The van der Waals surface area contributed by atoms with E-state index < -0.39 is 10.0 Å². The van der Waals surface area contributed by atoms with Crippen LogP contribution >= 0.6 is 0 Å². The molecule has 1 aromatic carbocycles. The molecular weight excluding hydrogens is 358 g/mol. The second-order valence-electron chi connectivity index (χ2n) is 7.23. The smallest absolute Gasteiger partial charge is 0.237 e. The summed E-state index contributed by atoms with van der Waals surface area (Å²) in [5.41, 5.74) is 2.91. The molecule has 148 valence electrons. The summed E-state index contributed by atoms with van der Waals surface area (Å²) >= 11 is 0. The summed E-state index contributed by atoms with van der Waals surface area (Å²) in [5, 5.41) is 0. The first kappa shape index (κ1) is 21.4. The molecule has 2 aromatic rings. The number of nitrogens with zero attached hydrogens (tertiary/aromatic N) is 2. The Balaban J connectivity index is 1.96. The fourth-order valence-electron chi connectivity index (χ4n) is 2.87. The van der Waals surface area contributed by atoms with Gasteiger partial charge in [-0.15, -0.1) is 0 Å². The predicted molar refractivity (Wildman–Crippen MR) is 112 cm³/mol. The van der Waals surface area contributed by atoms with Gasteiger partial charge in [-0.3, -0.25) is 4.72 Å². The van der Waals surface area contributed by atoms with E-state index in [1.807, 2.05) is 12.1 Å². The van der Waals surface area contributed by atoms with E-state index in [1.54, 1.807) is 12.3 Å². The molecule has 0 bridgehead atoms. The van der Waals surface area contributed by atoms with Crippen molar-refractivity contribution in [3.63, 3.8) is 0 Å². The lowest BCUT2D eigenvalue weighted by atomic mass is 10.0. The molecular formula is C21H31N3O2S. The molecule has 0 saturated heterocycles. The highest BCUT2D eigenvalue weighted by Crippen LogP contribution is 2.22. The SMILES string of the molecule is CCCCCCCCS(=O)(=O)Nc1nccc(-c2ccc(C(C)C)cc2)n1. The van der Waals surface area contributed by atoms with Gasteiger partial charge in [-0.05, 0) is 24.0 Å². The highest BCUT2D eigenvalue weighted by Gasteiger charge is 2.12. The number of nitrogens with one attached hydrogen (secondary N) is 1. The van der Waals surface area contributed by atoms with Crippen LogP contribution in [0.25, 0.3) is 11.3 Å². The van der Waals surface area contributed by atoms with E-state index in [1.165, 1.54) is 24.8 Å². The van der Waals surface area contributed by atoms with E-state index in [2.05, 4.69) is 47.6 Å². The van der Waals surface area contributed by atoms with Gasteiger partial charge in [-0.25, -0.2) is 18.4 Å². The number of rotatable bonds is 11. The third-order valence-electron chi connectivity index (χ3n) is 4.54. The molecule has 0 unspecified atom stereocenters. The van der Waals surface area contributed by atoms with Crippen molar-refractivity contribution in [3.8, 4) is 11.3 Å². The van der Waals surface area contributed by atoms with Crippen molar-refractivity contribution in [1.29, 1.82) is 0 Å². The second kappa shape index (κ2) is 10.4. The first-order valence-electron chi connectivity index (χ1n) is 9.85. The Labute approximate surface area is 163 Å². The van der Waals surface area contributed by atoms with Gasteiger partial charge in [0.1, 0.15) is 0 Å². The van der Waals surface area contributed by atoms with E-state index in [0.717, 1.165) is 18.4 Å². The minimum Gasteiger partial charge on any atom is -0.251 e. The molecule has 27 heavy (non-hydrogen) atoms. The summed E-state index contributed by atoms with van der Waals surface area (Å²) in [6.07, 6.45) is 7.84. The molecule has 6 heteroatoms. The Morgan fingerprint density at radius 2 is 1.63 bits per heavy atom. The minimum absolute atomic E-state index is 0.107. The third kappa shape index (κ3) is 7.29. The standard InChI is InChI=1S/C21H31N3O2S/c1-4-5-6-7-8-9-16-27(25,26)24-21-22-15-14-20(23-21)19-12-10-18(11-13-19)17(2)3/h10-15,17H,4-9,16H2,1-3H3,(H,22,23,24). The van der Waals surface area contributed by atoms with Gasteiger partial charge in [-0.1, -0.05) is 77.1 Å². The van der Waals surface area contributed by atoms with E-state index in [4.69, 9.17) is 0 Å². The van der Waals surface area contributed by atoms with Gasteiger partial charge >= 0.3 is 0 Å².